The lowest BCUT2D eigenvalue weighted by Gasteiger charge is -2.36. The molecule has 0 radical (unpaired) electrons. The van der Waals surface area contributed by atoms with Crippen LogP contribution in [0.15, 0.2) is 47.3 Å². The highest BCUT2D eigenvalue weighted by atomic mass is 19.1. The van der Waals surface area contributed by atoms with Crippen molar-refractivity contribution in [3.8, 4) is 11.5 Å². The van der Waals surface area contributed by atoms with E-state index in [-0.39, 0.29) is 17.7 Å². The Bertz CT molecular complexity index is 1650. The number of rotatable bonds is 5. The minimum atomic E-state index is -0.302. The summed E-state index contributed by atoms with van der Waals surface area (Å²) in [5, 5.41) is 7.22. The predicted molar refractivity (Wildman–Crippen MR) is 136 cm³/mol. The number of carbonyl (C=O) groups is 1. The SMILES string of the molecule is Nc1nc2c(ncn2CCN2CCN(c3cc4c(cc3F)NC(=O)C4)CC2)c2cc(-c3ccco3)nn12. The molecule has 0 atom stereocenters. The van der Waals surface area contributed by atoms with Gasteiger partial charge in [0.05, 0.1) is 24.7 Å². The Kier molecular flexibility index (Phi) is 4.89. The number of anilines is 3. The van der Waals surface area contributed by atoms with Gasteiger partial charge in [0.1, 0.15) is 22.5 Å². The number of piperazine rings is 1. The van der Waals surface area contributed by atoms with Crippen molar-refractivity contribution in [1.29, 1.82) is 0 Å². The van der Waals surface area contributed by atoms with Gasteiger partial charge in [0.25, 0.3) is 0 Å². The Balaban J connectivity index is 1.05. The van der Waals surface area contributed by atoms with Crippen molar-refractivity contribution in [2.24, 2.45) is 0 Å². The van der Waals surface area contributed by atoms with Crippen molar-refractivity contribution >= 4 is 39.9 Å². The Morgan fingerprint density at radius 1 is 1.14 bits per heavy atom. The molecule has 0 spiro atoms. The largest absolute Gasteiger partial charge is 0.463 e. The van der Waals surface area contributed by atoms with Crippen LogP contribution >= 0.6 is 0 Å². The van der Waals surface area contributed by atoms with Gasteiger partial charge < -0.3 is 24.9 Å². The second-order valence-electron chi connectivity index (χ2n) is 9.40. The molecule has 1 aromatic carbocycles. The number of aromatic nitrogens is 5. The first-order valence-electron chi connectivity index (χ1n) is 12.2. The van der Waals surface area contributed by atoms with E-state index in [1.165, 1.54) is 6.07 Å². The Hall–Kier alpha value is -4.45. The lowest BCUT2D eigenvalue weighted by Crippen LogP contribution is -2.47. The van der Waals surface area contributed by atoms with Crippen molar-refractivity contribution in [3.63, 3.8) is 0 Å². The topological polar surface area (TPSA) is 123 Å². The van der Waals surface area contributed by atoms with Gasteiger partial charge in [0.15, 0.2) is 11.4 Å². The Labute approximate surface area is 210 Å². The zero-order valence-corrected chi connectivity index (χ0v) is 19.9. The van der Waals surface area contributed by atoms with Crippen molar-refractivity contribution in [2.75, 3.05) is 48.7 Å². The number of amides is 1. The number of nitrogens with one attached hydrogen (secondary N) is 1. The van der Waals surface area contributed by atoms with Gasteiger partial charge in [-0.3, -0.25) is 9.69 Å². The molecule has 0 saturated carbocycles. The number of furan rings is 1. The zero-order valence-electron chi connectivity index (χ0n) is 19.9. The van der Waals surface area contributed by atoms with Crippen LogP contribution in [0.4, 0.5) is 21.7 Å². The second kappa shape index (κ2) is 8.30. The minimum absolute atomic E-state index is 0.0911. The molecule has 1 saturated heterocycles. The molecule has 1 fully saturated rings. The van der Waals surface area contributed by atoms with Crippen molar-refractivity contribution < 1.29 is 13.6 Å². The molecule has 7 rings (SSSR count). The summed E-state index contributed by atoms with van der Waals surface area (Å²) in [6, 6.07) is 8.80. The van der Waals surface area contributed by atoms with Gasteiger partial charge in [-0.15, -0.1) is 0 Å². The molecule has 1 amide bonds. The van der Waals surface area contributed by atoms with E-state index in [4.69, 9.17) is 10.2 Å². The quantitative estimate of drug-likeness (QED) is 0.376. The fourth-order valence-electron chi connectivity index (χ4n) is 5.20. The summed E-state index contributed by atoms with van der Waals surface area (Å²) >= 11 is 0. The molecule has 2 aliphatic rings. The fourth-order valence-corrected chi connectivity index (χ4v) is 5.20. The first-order valence-corrected chi connectivity index (χ1v) is 12.2. The minimum Gasteiger partial charge on any atom is -0.463 e. The molecule has 5 aromatic rings. The summed E-state index contributed by atoms with van der Waals surface area (Å²) in [6.07, 6.45) is 3.69. The van der Waals surface area contributed by atoms with Crippen LogP contribution in [0, 0.1) is 5.82 Å². The predicted octanol–water partition coefficient (Wildman–Crippen LogP) is 2.38. The van der Waals surface area contributed by atoms with Gasteiger partial charge in [0, 0.05) is 45.0 Å². The normalized spacial score (nSPS) is 16.1. The fraction of sp³-hybridized carbons (Fsp3) is 0.280. The van der Waals surface area contributed by atoms with Gasteiger partial charge in [0.2, 0.25) is 11.9 Å². The maximum atomic E-state index is 14.7. The van der Waals surface area contributed by atoms with Gasteiger partial charge >= 0.3 is 0 Å². The molecule has 188 valence electrons. The van der Waals surface area contributed by atoms with E-state index < -0.39 is 0 Å². The first kappa shape index (κ1) is 21.8. The summed E-state index contributed by atoms with van der Waals surface area (Å²) in [6.45, 7) is 4.51. The molecule has 37 heavy (non-hydrogen) atoms. The first-order chi connectivity index (χ1) is 18.0. The van der Waals surface area contributed by atoms with Gasteiger partial charge in [-0.05, 0) is 35.9 Å². The molecule has 2 aliphatic heterocycles. The third-order valence-corrected chi connectivity index (χ3v) is 7.14. The third kappa shape index (κ3) is 3.68. The summed E-state index contributed by atoms with van der Waals surface area (Å²) in [7, 11) is 0. The molecule has 12 heteroatoms. The van der Waals surface area contributed by atoms with Gasteiger partial charge in [-0.1, -0.05) is 0 Å². The van der Waals surface area contributed by atoms with E-state index in [2.05, 4.69) is 30.2 Å². The van der Waals surface area contributed by atoms with E-state index in [0.717, 1.165) is 36.2 Å². The highest BCUT2D eigenvalue weighted by molar-refractivity contribution is 5.99. The summed E-state index contributed by atoms with van der Waals surface area (Å²) in [5.41, 5.74) is 11.1. The highest BCUT2D eigenvalue weighted by Crippen LogP contribution is 2.31. The number of hydrogen-bond donors (Lipinski definition) is 2. The molecular formula is C25H24FN9O2. The number of imidazole rings is 1. The van der Waals surface area contributed by atoms with Gasteiger partial charge in [-0.25, -0.2) is 9.37 Å². The smallest absolute Gasteiger partial charge is 0.228 e. The summed E-state index contributed by atoms with van der Waals surface area (Å²) < 4.78 is 23.8. The second-order valence-corrected chi connectivity index (χ2v) is 9.40. The average molecular weight is 502 g/mol. The van der Waals surface area contributed by atoms with Crippen LogP contribution in [0.3, 0.4) is 0 Å². The highest BCUT2D eigenvalue weighted by Gasteiger charge is 2.25. The van der Waals surface area contributed by atoms with Crippen LogP contribution in [0.5, 0.6) is 0 Å². The Morgan fingerprint density at radius 2 is 2.00 bits per heavy atom. The zero-order chi connectivity index (χ0) is 25.1. The van der Waals surface area contributed by atoms with Crippen LogP contribution in [-0.4, -0.2) is 67.7 Å². The van der Waals surface area contributed by atoms with Crippen molar-refractivity contribution in [2.45, 2.75) is 13.0 Å². The number of nitrogens with two attached hydrogens (primary N) is 1. The van der Waals surface area contributed by atoms with E-state index >= 15 is 0 Å². The van der Waals surface area contributed by atoms with Crippen LogP contribution in [0.25, 0.3) is 28.1 Å². The van der Waals surface area contributed by atoms with Crippen LogP contribution in [-0.2, 0) is 17.8 Å². The van der Waals surface area contributed by atoms with Crippen LogP contribution < -0.4 is 16.0 Å². The lowest BCUT2D eigenvalue weighted by molar-refractivity contribution is -0.115. The molecular weight excluding hydrogens is 477 g/mol. The average Bonchev–Trinajstić information content (AvgIpc) is 3.68. The maximum absolute atomic E-state index is 14.7. The van der Waals surface area contributed by atoms with Crippen molar-refractivity contribution in [1.82, 2.24) is 29.0 Å². The van der Waals surface area contributed by atoms with E-state index in [1.54, 1.807) is 23.2 Å². The maximum Gasteiger partial charge on any atom is 0.228 e. The molecule has 11 nitrogen and oxygen atoms in total. The molecule has 0 aliphatic carbocycles. The van der Waals surface area contributed by atoms with E-state index in [9.17, 15) is 9.18 Å². The van der Waals surface area contributed by atoms with E-state index in [0.29, 0.717) is 54.5 Å². The number of carbonyl (C=O) groups excluding carboxylic acids is 1. The van der Waals surface area contributed by atoms with E-state index in [1.807, 2.05) is 22.8 Å². The lowest BCUT2D eigenvalue weighted by atomic mass is 10.1. The number of halogens is 1. The number of hydrogen-bond acceptors (Lipinski definition) is 8. The van der Waals surface area contributed by atoms with Gasteiger partial charge in [-0.2, -0.15) is 14.6 Å². The van der Waals surface area contributed by atoms with Crippen LogP contribution in [0.1, 0.15) is 5.56 Å². The molecule has 6 heterocycles. The summed E-state index contributed by atoms with van der Waals surface area (Å²) in [4.78, 5) is 25.2. The molecule has 3 N–H and O–H groups in total. The summed E-state index contributed by atoms with van der Waals surface area (Å²) in [5.74, 6) is 0.541. The standard InChI is InChI=1S/C25H24FN9O2/c26-16-12-17-15(11-22(36)29-17)10-19(16)33-6-3-32(4-7-33)5-8-34-14-28-23-20-13-18(21-2-1-9-37-21)31-35(20)25(27)30-24(23)34/h1-2,9-10,12-14H,3-8,11H2,(H2,27,30)(H,29,36). The molecule has 0 unspecified atom stereocenters. The number of fused-ring (bicyclic) bond motifs is 4. The Morgan fingerprint density at radius 3 is 2.81 bits per heavy atom. The third-order valence-electron chi connectivity index (χ3n) is 7.14. The molecule has 0 bridgehead atoms. The number of nitrogen functional groups attached to an aromatic ring is 1. The number of benzene rings is 1. The number of nitrogens with zero attached hydrogens (tertiary/aromatic N) is 7. The van der Waals surface area contributed by atoms with Crippen LogP contribution in [0.2, 0.25) is 0 Å². The molecule has 4 aromatic heterocycles. The monoisotopic (exact) mass is 501 g/mol. The van der Waals surface area contributed by atoms with Crippen molar-refractivity contribution in [3.05, 3.63) is 54.3 Å².